The van der Waals surface area contributed by atoms with Crippen molar-refractivity contribution in [2.45, 2.75) is 50.7 Å². The Hall–Kier alpha value is -1.68. The number of piperidine rings is 1. The van der Waals surface area contributed by atoms with Gasteiger partial charge in [0.2, 0.25) is 0 Å². The molecule has 2 aliphatic heterocycles. The first-order valence-corrected chi connectivity index (χ1v) is 7.93. The number of benzene rings is 1. The standard InChI is InChI=1S/C17H22N4/c1-11-17(20-16-6-4-3-5-15(16)18-11)21(2)14-9-12-7-8-13(10-14)19-12/h3-6,12-14,19H,7-10H2,1-2H3. The van der Waals surface area contributed by atoms with E-state index in [4.69, 9.17) is 9.97 Å². The van der Waals surface area contributed by atoms with E-state index >= 15 is 0 Å². The van der Waals surface area contributed by atoms with E-state index in [1.807, 2.05) is 24.3 Å². The Bertz CT molecular complexity index is 657. The van der Waals surface area contributed by atoms with Gasteiger partial charge in [0.15, 0.2) is 5.82 Å². The molecule has 21 heavy (non-hydrogen) atoms. The summed E-state index contributed by atoms with van der Waals surface area (Å²) < 4.78 is 0. The molecule has 0 amide bonds. The van der Waals surface area contributed by atoms with Gasteiger partial charge in [-0.25, -0.2) is 9.97 Å². The van der Waals surface area contributed by atoms with E-state index in [-0.39, 0.29) is 0 Å². The molecule has 110 valence electrons. The van der Waals surface area contributed by atoms with E-state index in [2.05, 4.69) is 24.2 Å². The third-order valence-corrected chi connectivity index (χ3v) is 5.05. The Balaban J connectivity index is 1.67. The Morgan fingerprint density at radius 3 is 2.33 bits per heavy atom. The number of anilines is 1. The molecule has 2 aliphatic rings. The van der Waals surface area contributed by atoms with Crippen molar-refractivity contribution in [3.8, 4) is 0 Å². The Labute approximate surface area is 125 Å². The number of hydrogen-bond donors (Lipinski definition) is 1. The highest BCUT2D eigenvalue weighted by atomic mass is 15.2. The van der Waals surface area contributed by atoms with Crippen LogP contribution in [0.3, 0.4) is 0 Å². The first-order valence-electron chi connectivity index (χ1n) is 7.93. The summed E-state index contributed by atoms with van der Waals surface area (Å²) in [6, 6.07) is 10.1. The van der Waals surface area contributed by atoms with Crippen LogP contribution in [0, 0.1) is 6.92 Å². The summed E-state index contributed by atoms with van der Waals surface area (Å²) in [7, 11) is 2.18. The minimum absolute atomic E-state index is 0.581. The lowest BCUT2D eigenvalue weighted by Crippen LogP contribution is -2.47. The highest BCUT2D eigenvalue weighted by Crippen LogP contribution is 2.32. The minimum Gasteiger partial charge on any atom is -0.355 e. The number of para-hydroxylation sites is 2. The number of nitrogens with one attached hydrogen (secondary N) is 1. The lowest BCUT2D eigenvalue weighted by molar-refractivity contribution is 0.353. The van der Waals surface area contributed by atoms with E-state index < -0.39 is 0 Å². The van der Waals surface area contributed by atoms with E-state index in [0.29, 0.717) is 18.1 Å². The molecule has 4 rings (SSSR count). The van der Waals surface area contributed by atoms with Crippen molar-refractivity contribution in [1.82, 2.24) is 15.3 Å². The van der Waals surface area contributed by atoms with E-state index in [1.54, 1.807) is 0 Å². The summed E-state index contributed by atoms with van der Waals surface area (Å²) in [5, 5.41) is 3.71. The van der Waals surface area contributed by atoms with Gasteiger partial charge in [-0.05, 0) is 44.7 Å². The fraction of sp³-hybridized carbons (Fsp3) is 0.529. The molecule has 0 radical (unpaired) electrons. The van der Waals surface area contributed by atoms with Gasteiger partial charge >= 0.3 is 0 Å². The summed E-state index contributed by atoms with van der Waals surface area (Å²) in [5.41, 5.74) is 3.00. The van der Waals surface area contributed by atoms with Gasteiger partial charge in [0, 0.05) is 25.2 Å². The largest absolute Gasteiger partial charge is 0.355 e. The molecule has 2 saturated heterocycles. The number of nitrogens with zero attached hydrogens (tertiary/aromatic N) is 3. The van der Waals surface area contributed by atoms with E-state index in [0.717, 1.165) is 22.5 Å². The summed E-state index contributed by atoms with van der Waals surface area (Å²) >= 11 is 0. The summed E-state index contributed by atoms with van der Waals surface area (Å²) in [6.07, 6.45) is 5.11. The van der Waals surface area contributed by atoms with Crippen molar-refractivity contribution in [3.63, 3.8) is 0 Å². The second kappa shape index (κ2) is 4.95. The van der Waals surface area contributed by atoms with Gasteiger partial charge in [-0.3, -0.25) is 0 Å². The van der Waals surface area contributed by atoms with Crippen LogP contribution in [0.1, 0.15) is 31.4 Å². The SMILES string of the molecule is Cc1nc2ccccc2nc1N(C)C1CC2CCC(C1)N2. The lowest BCUT2D eigenvalue weighted by Gasteiger charge is -2.36. The molecule has 3 heterocycles. The van der Waals surface area contributed by atoms with Gasteiger partial charge in [0.05, 0.1) is 16.7 Å². The van der Waals surface area contributed by atoms with Crippen LogP contribution in [0.25, 0.3) is 11.0 Å². The molecular formula is C17H22N4. The maximum atomic E-state index is 4.86. The van der Waals surface area contributed by atoms with Crippen LogP contribution in [0.4, 0.5) is 5.82 Å². The van der Waals surface area contributed by atoms with Gasteiger partial charge in [0.25, 0.3) is 0 Å². The molecule has 4 heteroatoms. The quantitative estimate of drug-likeness (QED) is 0.919. The number of aromatic nitrogens is 2. The normalized spacial score (nSPS) is 28.0. The highest BCUT2D eigenvalue weighted by molar-refractivity contribution is 5.76. The topological polar surface area (TPSA) is 41.1 Å². The zero-order chi connectivity index (χ0) is 14.4. The van der Waals surface area contributed by atoms with Crippen molar-refractivity contribution in [2.24, 2.45) is 0 Å². The Morgan fingerprint density at radius 2 is 1.67 bits per heavy atom. The molecule has 2 fully saturated rings. The van der Waals surface area contributed by atoms with Crippen LogP contribution in [0.5, 0.6) is 0 Å². The van der Waals surface area contributed by atoms with Crippen LogP contribution >= 0.6 is 0 Å². The molecule has 0 aliphatic carbocycles. The molecular weight excluding hydrogens is 260 g/mol. The molecule has 2 unspecified atom stereocenters. The van der Waals surface area contributed by atoms with Gasteiger partial charge in [-0.15, -0.1) is 0 Å². The summed E-state index contributed by atoms with van der Waals surface area (Å²) in [4.78, 5) is 12.0. The molecule has 0 saturated carbocycles. The molecule has 2 bridgehead atoms. The van der Waals surface area contributed by atoms with Crippen LogP contribution in [-0.4, -0.2) is 35.1 Å². The summed E-state index contributed by atoms with van der Waals surface area (Å²) in [5.74, 6) is 1.04. The van der Waals surface area contributed by atoms with Crippen molar-refractivity contribution in [2.75, 3.05) is 11.9 Å². The smallest absolute Gasteiger partial charge is 0.150 e. The maximum absolute atomic E-state index is 4.86. The van der Waals surface area contributed by atoms with Gasteiger partial charge in [0.1, 0.15) is 0 Å². The fourth-order valence-corrected chi connectivity index (χ4v) is 3.93. The van der Waals surface area contributed by atoms with E-state index in [9.17, 15) is 0 Å². The predicted octanol–water partition coefficient (Wildman–Crippen LogP) is 2.66. The first-order chi connectivity index (χ1) is 10.2. The van der Waals surface area contributed by atoms with Crippen molar-refractivity contribution in [1.29, 1.82) is 0 Å². The monoisotopic (exact) mass is 282 g/mol. The second-order valence-electron chi connectivity index (χ2n) is 6.50. The molecule has 1 aromatic carbocycles. The van der Waals surface area contributed by atoms with Gasteiger partial charge < -0.3 is 10.2 Å². The Kier molecular flexibility index (Phi) is 3.07. The third-order valence-electron chi connectivity index (χ3n) is 5.05. The number of hydrogen-bond acceptors (Lipinski definition) is 4. The van der Waals surface area contributed by atoms with Crippen LogP contribution in [0.2, 0.25) is 0 Å². The lowest BCUT2D eigenvalue weighted by atomic mass is 9.98. The molecule has 0 spiro atoms. The first kappa shape index (κ1) is 13.0. The van der Waals surface area contributed by atoms with Gasteiger partial charge in [-0.1, -0.05) is 12.1 Å². The maximum Gasteiger partial charge on any atom is 0.150 e. The van der Waals surface area contributed by atoms with Crippen LogP contribution < -0.4 is 10.2 Å². The van der Waals surface area contributed by atoms with E-state index in [1.165, 1.54) is 25.7 Å². The van der Waals surface area contributed by atoms with Gasteiger partial charge in [-0.2, -0.15) is 0 Å². The molecule has 4 nitrogen and oxygen atoms in total. The van der Waals surface area contributed by atoms with Crippen LogP contribution in [0.15, 0.2) is 24.3 Å². The average Bonchev–Trinajstić information content (AvgIpc) is 2.84. The fourth-order valence-electron chi connectivity index (χ4n) is 3.93. The van der Waals surface area contributed by atoms with Crippen molar-refractivity contribution < 1.29 is 0 Å². The molecule has 2 aromatic rings. The zero-order valence-electron chi connectivity index (χ0n) is 12.7. The number of aryl methyl sites for hydroxylation is 1. The van der Waals surface area contributed by atoms with Crippen molar-refractivity contribution >= 4 is 16.9 Å². The number of fused-ring (bicyclic) bond motifs is 3. The average molecular weight is 282 g/mol. The molecule has 1 aromatic heterocycles. The minimum atomic E-state index is 0.581. The Morgan fingerprint density at radius 1 is 1.05 bits per heavy atom. The van der Waals surface area contributed by atoms with Crippen molar-refractivity contribution in [3.05, 3.63) is 30.0 Å². The zero-order valence-corrected chi connectivity index (χ0v) is 12.7. The molecule has 1 N–H and O–H groups in total. The number of rotatable bonds is 2. The van der Waals surface area contributed by atoms with Crippen LogP contribution in [-0.2, 0) is 0 Å². The predicted molar refractivity (Wildman–Crippen MR) is 85.6 cm³/mol. The summed E-state index contributed by atoms with van der Waals surface area (Å²) in [6.45, 7) is 2.07. The third kappa shape index (κ3) is 2.27. The highest BCUT2D eigenvalue weighted by Gasteiger charge is 2.35. The molecule has 2 atom stereocenters. The second-order valence-corrected chi connectivity index (χ2v) is 6.50.